The quantitative estimate of drug-likeness (QED) is 0.268. The molecule has 1 heterocycles. The predicted octanol–water partition coefficient (Wildman–Crippen LogP) is 8.30. The van der Waals surface area contributed by atoms with E-state index in [1.165, 1.54) is 69.3 Å². The van der Waals surface area contributed by atoms with E-state index in [0.717, 1.165) is 5.92 Å². The molecule has 3 heteroatoms. The maximum atomic E-state index is 2.83. The third-order valence-electron chi connectivity index (χ3n) is 6.72. The average molecular weight is 489 g/mol. The Balaban J connectivity index is 2.13. The van der Waals surface area contributed by atoms with Crippen molar-refractivity contribution in [1.29, 1.82) is 0 Å². The molecule has 0 aromatic rings. The first kappa shape index (κ1) is 22.5. The van der Waals surface area contributed by atoms with Crippen molar-refractivity contribution >= 4 is 41.9 Å². The molecule has 2 rings (SSSR count). The Bertz CT molecular complexity index is 390. The Morgan fingerprint density at radius 1 is 0.960 bits per heavy atom. The molecule has 1 saturated heterocycles. The molecule has 1 fully saturated rings. The molecule has 0 aromatic carbocycles. The van der Waals surface area contributed by atoms with Crippen LogP contribution in [0.15, 0.2) is 9.67 Å². The van der Waals surface area contributed by atoms with Gasteiger partial charge in [-0.05, 0) is 0 Å². The summed E-state index contributed by atoms with van der Waals surface area (Å²) in [5.74, 6) is 3.68. The van der Waals surface area contributed by atoms with Gasteiger partial charge in [-0.15, -0.1) is 0 Å². The zero-order valence-corrected chi connectivity index (χ0v) is 21.9. The van der Waals surface area contributed by atoms with E-state index < -0.39 is 18.4 Å². The number of unbranched alkanes of at least 4 members (excludes halogenated alkanes) is 3. The van der Waals surface area contributed by atoms with E-state index in [0.29, 0.717) is 4.08 Å². The van der Waals surface area contributed by atoms with E-state index in [9.17, 15) is 0 Å². The van der Waals surface area contributed by atoms with E-state index in [1.807, 2.05) is 0 Å². The fourth-order valence-electron chi connectivity index (χ4n) is 4.96. The summed E-state index contributed by atoms with van der Waals surface area (Å²) in [7, 11) is 0. The molecule has 1 aliphatic heterocycles. The molecular weight excluding hydrogens is 447 g/mol. The summed E-state index contributed by atoms with van der Waals surface area (Å²) in [5, 5.41) is 0. The molecule has 2 aliphatic rings. The summed E-state index contributed by atoms with van der Waals surface area (Å²) in [5.41, 5.74) is 0. The average Bonchev–Trinajstić information content (AvgIpc) is 3.09. The van der Waals surface area contributed by atoms with Crippen molar-refractivity contribution in [3.8, 4) is 0 Å². The van der Waals surface area contributed by atoms with Crippen LogP contribution in [-0.2, 0) is 0 Å². The molecule has 0 nitrogen and oxygen atoms in total. The summed E-state index contributed by atoms with van der Waals surface area (Å²) in [6.07, 6.45) is 15.9. The van der Waals surface area contributed by atoms with Crippen molar-refractivity contribution in [1.82, 2.24) is 0 Å². The van der Waals surface area contributed by atoms with E-state index >= 15 is 0 Å². The topological polar surface area (TPSA) is 0 Å². The molecule has 0 aromatic heterocycles. The molecule has 1 unspecified atom stereocenters. The second-order valence-electron chi connectivity index (χ2n) is 8.50. The van der Waals surface area contributed by atoms with E-state index in [-0.39, 0.29) is 0 Å². The zero-order valence-electron chi connectivity index (χ0n) is 17.4. The van der Waals surface area contributed by atoms with Gasteiger partial charge in [0, 0.05) is 0 Å². The molecule has 0 bridgehead atoms. The van der Waals surface area contributed by atoms with Crippen molar-refractivity contribution in [2.75, 3.05) is 11.5 Å². The van der Waals surface area contributed by atoms with Gasteiger partial charge >= 0.3 is 172 Å². The van der Waals surface area contributed by atoms with Gasteiger partial charge in [0.15, 0.2) is 0 Å². The second-order valence-corrected chi connectivity index (χ2v) is 25.3. The van der Waals surface area contributed by atoms with Crippen LogP contribution in [0, 0.1) is 5.92 Å². The van der Waals surface area contributed by atoms with Crippen LogP contribution in [0.5, 0.6) is 0 Å². The molecule has 146 valence electrons. The normalized spacial score (nSPS) is 23.7. The molecule has 1 aliphatic carbocycles. The van der Waals surface area contributed by atoms with Gasteiger partial charge in [-0.25, -0.2) is 0 Å². The van der Waals surface area contributed by atoms with Crippen molar-refractivity contribution in [3.05, 3.63) is 9.67 Å². The molecule has 25 heavy (non-hydrogen) atoms. The first-order chi connectivity index (χ1) is 12.1. The van der Waals surface area contributed by atoms with Crippen LogP contribution in [0.1, 0.15) is 85.5 Å². The van der Waals surface area contributed by atoms with Crippen LogP contribution in [0.25, 0.3) is 0 Å². The van der Waals surface area contributed by atoms with Gasteiger partial charge in [0.05, 0.1) is 0 Å². The monoisotopic (exact) mass is 490 g/mol. The molecule has 0 saturated carbocycles. The van der Waals surface area contributed by atoms with Crippen LogP contribution in [-0.4, -0.2) is 34.0 Å². The van der Waals surface area contributed by atoms with Gasteiger partial charge < -0.3 is 0 Å². The summed E-state index contributed by atoms with van der Waals surface area (Å²) >= 11 is 2.41. The fraction of sp³-hybridized carbons (Fsp3) is 0.909. The Morgan fingerprint density at radius 2 is 1.48 bits per heavy atom. The predicted molar refractivity (Wildman–Crippen MR) is 124 cm³/mol. The first-order valence-electron chi connectivity index (χ1n) is 11.1. The van der Waals surface area contributed by atoms with Gasteiger partial charge in [-0.3, -0.25) is 0 Å². The maximum absolute atomic E-state index is 2.83. The molecular formula is C22H42S2Sn. The summed E-state index contributed by atoms with van der Waals surface area (Å²) in [4.78, 5) is 0. The number of rotatable bonds is 11. The van der Waals surface area contributed by atoms with Crippen molar-refractivity contribution < 1.29 is 0 Å². The first-order valence-corrected chi connectivity index (χ1v) is 20.5. The van der Waals surface area contributed by atoms with E-state index in [2.05, 4.69) is 60.9 Å². The van der Waals surface area contributed by atoms with Crippen LogP contribution in [0.3, 0.4) is 0 Å². The van der Waals surface area contributed by atoms with E-state index in [4.69, 9.17) is 0 Å². The summed E-state index contributed by atoms with van der Waals surface area (Å²) in [6.45, 7) is 9.74. The van der Waals surface area contributed by atoms with Crippen LogP contribution < -0.4 is 0 Å². The van der Waals surface area contributed by atoms with Crippen LogP contribution in [0.4, 0.5) is 0 Å². The van der Waals surface area contributed by atoms with Crippen molar-refractivity contribution in [2.24, 2.45) is 5.92 Å². The van der Waals surface area contributed by atoms with Crippen molar-refractivity contribution in [2.45, 2.75) is 103 Å². The fourth-order valence-corrected chi connectivity index (χ4v) is 25.4. The number of allylic oxidation sites excluding steroid dienone is 2. The minimum atomic E-state index is -2.10. The molecule has 0 spiro atoms. The van der Waals surface area contributed by atoms with Crippen LogP contribution >= 0.6 is 23.5 Å². The van der Waals surface area contributed by atoms with Crippen molar-refractivity contribution in [3.63, 3.8) is 0 Å². The Kier molecular flexibility index (Phi) is 10.2. The molecule has 0 N–H and O–H groups in total. The Labute approximate surface area is 171 Å². The standard InChI is InChI=1S/C10H15S2.3C4H9.Sn/c1-10(11-7-8-12-10)9-5-3-2-4-6-9;3*1-3-4-2;/h3,9H,4-8H2,1H3;3*1,3-4H2,2H3;. The van der Waals surface area contributed by atoms with Gasteiger partial charge in [-0.1, -0.05) is 0 Å². The van der Waals surface area contributed by atoms with Gasteiger partial charge in [0.1, 0.15) is 0 Å². The SMILES string of the molecule is CCC[CH2][Sn]([CH2]CCC)([CH2]CCC)[C]1=CCC(C2(C)SCCS2)CC1. The van der Waals surface area contributed by atoms with Gasteiger partial charge in [-0.2, -0.15) is 0 Å². The van der Waals surface area contributed by atoms with Gasteiger partial charge in [0.2, 0.25) is 0 Å². The number of hydrogen-bond acceptors (Lipinski definition) is 2. The van der Waals surface area contributed by atoms with Gasteiger partial charge in [0.25, 0.3) is 0 Å². The van der Waals surface area contributed by atoms with Crippen LogP contribution in [0.2, 0.25) is 13.3 Å². The molecule has 1 atom stereocenters. The van der Waals surface area contributed by atoms with E-state index in [1.54, 1.807) is 13.3 Å². The Morgan fingerprint density at radius 3 is 1.88 bits per heavy atom. The molecule has 0 amide bonds. The zero-order chi connectivity index (χ0) is 18.2. The number of hydrogen-bond donors (Lipinski definition) is 0. The summed E-state index contributed by atoms with van der Waals surface area (Å²) in [6, 6.07) is 0. The summed E-state index contributed by atoms with van der Waals surface area (Å²) < 4.78 is 7.57. The second kappa shape index (κ2) is 11.3. The molecule has 0 radical (unpaired) electrons. The third-order valence-corrected chi connectivity index (χ3v) is 26.7. The third kappa shape index (κ3) is 6.11. The minimum absolute atomic E-state index is 0.524. The number of thioether (sulfide) groups is 2. The Hall–Kier alpha value is 1.24.